The van der Waals surface area contributed by atoms with Crippen LogP contribution >= 0.6 is 0 Å². The summed E-state index contributed by atoms with van der Waals surface area (Å²) in [4.78, 5) is 11.4. The number of hydrogen-bond donors (Lipinski definition) is 0. The highest BCUT2D eigenvalue weighted by Crippen LogP contribution is 2.44. The first-order valence-electron chi connectivity index (χ1n) is 20.3. The molecule has 7 aromatic carbocycles. The molecule has 0 radical (unpaired) electrons. The molecule has 0 atom stereocenters. The summed E-state index contributed by atoms with van der Waals surface area (Å²) < 4.78 is 4.73. The molecule has 10 rings (SSSR count). The van der Waals surface area contributed by atoms with E-state index in [1.54, 1.807) is 0 Å². The van der Waals surface area contributed by atoms with Crippen LogP contribution in [-0.4, -0.2) is 19.1 Å². The zero-order valence-electron chi connectivity index (χ0n) is 34.0. The van der Waals surface area contributed by atoms with Gasteiger partial charge in [0.1, 0.15) is 11.6 Å². The van der Waals surface area contributed by atoms with Crippen LogP contribution in [0.3, 0.4) is 0 Å². The minimum Gasteiger partial charge on any atom is -0.294 e. The van der Waals surface area contributed by atoms with Gasteiger partial charge in [-0.1, -0.05) is 181 Å². The number of benzene rings is 7. The van der Waals surface area contributed by atoms with Crippen LogP contribution in [-0.2, 0) is 10.8 Å². The van der Waals surface area contributed by atoms with Crippen LogP contribution in [0.4, 0.5) is 0 Å². The summed E-state index contributed by atoms with van der Waals surface area (Å²) in [5.74, 6) is 2.31. The molecule has 0 aliphatic carbocycles. The van der Waals surface area contributed by atoms with Crippen molar-refractivity contribution in [2.75, 3.05) is 0 Å². The molecule has 3 heterocycles. The van der Waals surface area contributed by atoms with Crippen molar-refractivity contribution in [1.82, 2.24) is 19.1 Å². The molecule has 0 aliphatic rings. The second-order valence-corrected chi connectivity index (χ2v) is 17.5. The topological polar surface area (TPSA) is 35.6 Å². The van der Waals surface area contributed by atoms with Gasteiger partial charge in [-0.25, -0.2) is 9.97 Å². The zero-order valence-corrected chi connectivity index (χ0v) is 34.0. The Labute approximate surface area is 340 Å². The summed E-state index contributed by atoms with van der Waals surface area (Å²) in [7, 11) is 0. The standard InChI is InChI=1S/C54H46N4/c1-53(2,3)37-32-43-42-26-15-18-31-47(42)58(51(43)44(33-37)54(4,5)6)49-34-48(57-45-29-16-13-24-40(45)41-25-14-17-30-46(41)57)55-52(56-49)50-38(35-20-9-7-10-21-35)27-19-28-39(50)36-22-11-8-12-23-36/h7-34H,1-6H3. The van der Waals surface area contributed by atoms with Crippen molar-refractivity contribution in [2.24, 2.45) is 0 Å². The van der Waals surface area contributed by atoms with Gasteiger partial charge >= 0.3 is 0 Å². The molecule has 0 fully saturated rings. The molecule has 4 heteroatoms. The quantitative estimate of drug-likeness (QED) is 0.176. The molecule has 0 N–H and O–H groups in total. The van der Waals surface area contributed by atoms with E-state index >= 15 is 0 Å². The van der Waals surface area contributed by atoms with Crippen LogP contribution in [0, 0.1) is 0 Å². The van der Waals surface area contributed by atoms with Crippen molar-refractivity contribution in [3.8, 4) is 45.3 Å². The van der Waals surface area contributed by atoms with Crippen molar-refractivity contribution < 1.29 is 0 Å². The van der Waals surface area contributed by atoms with Crippen molar-refractivity contribution in [3.63, 3.8) is 0 Å². The van der Waals surface area contributed by atoms with Crippen molar-refractivity contribution in [3.05, 3.63) is 181 Å². The monoisotopic (exact) mass is 750 g/mol. The van der Waals surface area contributed by atoms with E-state index in [0.29, 0.717) is 5.82 Å². The Bertz CT molecular complexity index is 3060. The minimum absolute atomic E-state index is 0.0296. The van der Waals surface area contributed by atoms with E-state index in [1.807, 2.05) is 0 Å². The highest BCUT2D eigenvalue weighted by Gasteiger charge is 2.28. The lowest BCUT2D eigenvalue weighted by molar-refractivity contribution is 0.572. The summed E-state index contributed by atoms with van der Waals surface area (Å²) in [6.07, 6.45) is 0. The normalized spacial score (nSPS) is 12.3. The maximum Gasteiger partial charge on any atom is 0.165 e. The summed E-state index contributed by atoms with van der Waals surface area (Å²) >= 11 is 0. The largest absolute Gasteiger partial charge is 0.294 e. The molecule has 0 amide bonds. The van der Waals surface area contributed by atoms with E-state index in [-0.39, 0.29) is 10.8 Å². The first-order valence-corrected chi connectivity index (χ1v) is 20.3. The Morgan fingerprint density at radius 2 is 0.845 bits per heavy atom. The lowest BCUT2D eigenvalue weighted by Crippen LogP contribution is -2.18. The lowest BCUT2D eigenvalue weighted by atomic mass is 9.79. The second kappa shape index (κ2) is 13.4. The smallest absolute Gasteiger partial charge is 0.165 e. The molecular weight excluding hydrogens is 705 g/mol. The van der Waals surface area contributed by atoms with Gasteiger partial charge in [-0.15, -0.1) is 0 Å². The van der Waals surface area contributed by atoms with Gasteiger partial charge < -0.3 is 0 Å². The van der Waals surface area contributed by atoms with Crippen LogP contribution in [0.5, 0.6) is 0 Å². The van der Waals surface area contributed by atoms with E-state index in [9.17, 15) is 0 Å². The van der Waals surface area contributed by atoms with Crippen molar-refractivity contribution in [2.45, 2.75) is 52.4 Å². The number of fused-ring (bicyclic) bond motifs is 6. The van der Waals surface area contributed by atoms with Gasteiger partial charge in [0, 0.05) is 33.2 Å². The maximum absolute atomic E-state index is 5.72. The SMILES string of the molecule is CC(C)(C)c1cc(C(C)(C)C)c2c(c1)c1ccccc1n2-c1cc(-n2c3ccccc3c3ccccc32)nc(-c2c(-c3ccccc3)cccc2-c2ccccc2)n1. The molecule has 0 spiro atoms. The third kappa shape index (κ3) is 5.82. The fourth-order valence-electron chi connectivity index (χ4n) is 8.78. The Balaban J connectivity index is 1.39. The molecule has 0 aliphatic heterocycles. The highest BCUT2D eigenvalue weighted by atomic mass is 15.1. The fraction of sp³-hybridized carbons (Fsp3) is 0.148. The van der Waals surface area contributed by atoms with E-state index < -0.39 is 0 Å². The van der Waals surface area contributed by atoms with Gasteiger partial charge in [-0.2, -0.15) is 0 Å². The lowest BCUT2D eigenvalue weighted by Gasteiger charge is -2.27. The Morgan fingerprint density at radius 3 is 1.34 bits per heavy atom. The molecule has 58 heavy (non-hydrogen) atoms. The van der Waals surface area contributed by atoms with Gasteiger partial charge in [0.15, 0.2) is 5.82 Å². The molecular formula is C54H46N4. The molecule has 10 aromatic rings. The van der Waals surface area contributed by atoms with Gasteiger partial charge in [-0.05, 0) is 68.5 Å². The molecule has 4 nitrogen and oxygen atoms in total. The third-order valence-electron chi connectivity index (χ3n) is 11.6. The van der Waals surface area contributed by atoms with Gasteiger partial charge in [-0.3, -0.25) is 9.13 Å². The molecule has 0 saturated heterocycles. The summed E-state index contributed by atoms with van der Waals surface area (Å²) in [5.41, 5.74) is 12.3. The van der Waals surface area contributed by atoms with E-state index in [0.717, 1.165) is 56.0 Å². The summed E-state index contributed by atoms with van der Waals surface area (Å²) in [6.45, 7) is 13.9. The molecule has 0 unspecified atom stereocenters. The number of aromatic nitrogens is 4. The van der Waals surface area contributed by atoms with Gasteiger partial charge in [0.2, 0.25) is 0 Å². The maximum atomic E-state index is 5.72. The Kier molecular flexibility index (Phi) is 8.24. The average Bonchev–Trinajstić information content (AvgIpc) is 3.76. The average molecular weight is 751 g/mol. The van der Waals surface area contributed by atoms with Crippen LogP contribution < -0.4 is 0 Å². The number of nitrogens with zero attached hydrogens (tertiary/aromatic N) is 4. The van der Waals surface area contributed by atoms with Crippen LogP contribution in [0.25, 0.3) is 88.9 Å². The number of para-hydroxylation sites is 3. The first kappa shape index (κ1) is 35.6. The molecule has 0 bridgehead atoms. The van der Waals surface area contributed by atoms with Crippen molar-refractivity contribution in [1.29, 1.82) is 0 Å². The fourth-order valence-corrected chi connectivity index (χ4v) is 8.78. The van der Waals surface area contributed by atoms with E-state index in [4.69, 9.17) is 9.97 Å². The van der Waals surface area contributed by atoms with Crippen molar-refractivity contribution >= 4 is 43.6 Å². The zero-order chi connectivity index (χ0) is 39.8. The predicted molar refractivity (Wildman–Crippen MR) is 244 cm³/mol. The molecule has 3 aromatic heterocycles. The Hall–Kier alpha value is -6.78. The summed E-state index contributed by atoms with van der Waals surface area (Å²) in [5, 5.41) is 4.83. The minimum atomic E-state index is -0.155. The van der Waals surface area contributed by atoms with Gasteiger partial charge in [0.25, 0.3) is 0 Å². The second-order valence-electron chi connectivity index (χ2n) is 17.5. The van der Waals surface area contributed by atoms with E-state index in [2.05, 4.69) is 221 Å². The number of rotatable bonds is 5. The third-order valence-corrected chi connectivity index (χ3v) is 11.6. The van der Waals surface area contributed by atoms with E-state index in [1.165, 1.54) is 38.2 Å². The molecule has 282 valence electrons. The van der Waals surface area contributed by atoms with Gasteiger partial charge in [0.05, 0.1) is 22.1 Å². The van der Waals surface area contributed by atoms with Crippen LogP contribution in [0.15, 0.2) is 170 Å². The highest BCUT2D eigenvalue weighted by molar-refractivity contribution is 6.11. The predicted octanol–water partition coefficient (Wildman–Crippen LogP) is 14.3. The Morgan fingerprint density at radius 1 is 0.397 bits per heavy atom. The summed E-state index contributed by atoms with van der Waals surface area (Å²) in [6, 6.07) is 61.0. The number of hydrogen-bond acceptors (Lipinski definition) is 2. The first-order chi connectivity index (χ1) is 28.1. The molecule has 0 saturated carbocycles. The van der Waals surface area contributed by atoms with Crippen LogP contribution in [0.1, 0.15) is 52.7 Å². The van der Waals surface area contributed by atoms with Crippen LogP contribution in [0.2, 0.25) is 0 Å².